The Bertz CT molecular complexity index is 927. The number of carbonyl (C=O) groups is 1. The normalized spacial score (nSPS) is 11.9. The molecule has 2 aromatic carbocycles. The zero-order chi connectivity index (χ0) is 19.2. The Morgan fingerprint density at radius 1 is 0.852 bits per heavy atom. The van der Waals surface area contributed by atoms with Crippen LogP contribution in [0.5, 0.6) is 0 Å². The molecule has 0 aliphatic heterocycles. The van der Waals surface area contributed by atoms with Crippen LogP contribution in [0.15, 0.2) is 65.1 Å². The van der Waals surface area contributed by atoms with Gasteiger partial charge in [-0.1, -0.05) is 59.7 Å². The Morgan fingerprint density at radius 2 is 1.44 bits per heavy atom. The Kier molecular flexibility index (Phi) is 6.24. The van der Waals surface area contributed by atoms with Crippen molar-refractivity contribution < 1.29 is 13.4 Å². The second-order valence-corrected chi connectivity index (χ2v) is 8.11. The minimum Gasteiger partial charge on any atom is -0.455 e. The fraction of sp³-hybridized carbons (Fsp3) is 0.227. The average molecular weight is 381 g/mol. The highest BCUT2D eigenvalue weighted by molar-refractivity contribution is 7.83. The summed E-state index contributed by atoms with van der Waals surface area (Å²) in [6.07, 6.45) is 0. The van der Waals surface area contributed by atoms with Gasteiger partial charge in [-0.05, 0) is 37.1 Å². The van der Waals surface area contributed by atoms with E-state index in [1.165, 1.54) is 11.1 Å². The van der Waals surface area contributed by atoms with Crippen molar-refractivity contribution in [3.63, 3.8) is 0 Å². The number of aryl methyl sites for hydroxylation is 2. The fourth-order valence-electron chi connectivity index (χ4n) is 2.63. The third kappa shape index (κ3) is 5.66. The number of amides is 1. The summed E-state index contributed by atoms with van der Waals surface area (Å²) < 4.78 is 17.9. The van der Waals surface area contributed by atoms with Crippen molar-refractivity contribution >= 4 is 16.7 Å². The predicted octanol–water partition coefficient (Wildman–Crippen LogP) is 4.28. The second-order valence-electron chi connectivity index (χ2n) is 6.65. The topological polar surface area (TPSA) is 59.3 Å². The molecule has 0 spiro atoms. The predicted molar refractivity (Wildman–Crippen MR) is 108 cm³/mol. The lowest BCUT2D eigenvalue weighted by molar-refractivity contribution is 0.0921. The number of hydrogen-bond donors (Lipinski definition) is 1. The molecule has 0 aliphatic carbocycles. The molecule has 0 saturated carbocycles. The van der Waals surface area contributed by atoms with E-state index in [9.17, 15) is 9.00 Å². The molecule has 1 atom stereocenters. The molecule has 27 heavy (non-hydrogen) atoms. The fourth-order valence-corrected chi connectivity index (χ4v) is 3.77. The van der Waals surface area contributed by atoms with Crippen molar-refractivity contribution in [3.8, 4) is 0 Å². The maximum Gasteiger partial charge on any atom is 0.287 e. The standard InChI is InChI=1S/C22H23NO3S/c1-16-3-7-18(8-4-16)13-23-22(24)21-12-11-20(26-21)15-27(25)14-19-9-5-17(2)6-10-19/h3-12H,13-15H2,1-2H3,(H,23,24)/t27-/m1/s1. The first-order valence-corrected chi connectivity index (χ1v) is 10.3. The smallest absolute Gasteiger partial charge is 0.287 e. The van der Waals surface area contributed by atoms with E-state index in [0.717, 1.165) is 11.1 Å². The highest BCUT2D eigenvalue weighted by atomic mass is 32.2. The van der Waals surface area contributed by atoms with Gasteiger partial charge in [0.1, 0.15) is 5.76 Å². The first-order chi connectivity index (χ1) is 13.0. The third-order valence-electron chi connectivity index (χ3n) is 4.21. The van der Waals surface area contributed by atoms with Crippen molar-refractivity contribution in [2.75, 3.05) is 0 Å². The monoisotopic (exact) mass is 381 g/mol. The van der Waals surface area contributed by atoms with E-state index in [1.807, 2.05) is 62.4 Å². The van der Waals surface area contributed by atoms with Gasteiger partial charge < -0.3 is 9.73 Å². The van der Waals surface area contributed by atoms with Gasteiger partial charge in [0.2, 0.25) is 0 Å². The molecule has 140 valence electrons. The minimum absolute atomic E-state index is 0.240. The summed E-state index contributed by atoms with van der Waals surface area (Å²) in [5.74, 6) is 1.28. The molecule has 3 rings (SSSR count). The van der Waals surface area contributed by atoms with E-state index < -0.39 is 10.8 Å². The lowest BCUT2D eigenvalue weighted by atomic mass is 10.1. The molecule has 1 heterocycles. The SMILES string of the molecule is Cc1ccc(CNC(=O)c2ccc(C[S@](=O)Cc3ccc(C)cc3)o2)cc1. The van der Waals surface area contributed by atoms with Crippen molar-refractivity contribution in [2.45, 2.75) is 31.9 Å². The molecule has 0 aliphatic rings. The summed E-state index contributed by atoms with van der Waals surface area (Å²) in [4.78, 5) is 12.2. The molecular formula is C22H23NO3S. The first-order valence-electron chi connectivity index (χ1n) is 8.82. The van der Waals surface area contributed by atoms with Crippen LogP contribution in [0.4, 0.5) is 0 Å². The number of rotatable bonds is 7. The lowest BCUT2D eigenvalue weighted by Crippen LogP contribution is -2.22. The van der Waals surface area contributed by atoms with Gasteiger partial charge in [-0.3, -0.25) is 9.00 Å². The highest BCUT2D eigenvalue weighted by Gasteiger charge is 2.13. The summed E-state index contributed by atoms with van der Waals surface area (Å²) >= 11 is 0. The molecular weight excluding hydrogens is 358 g/mol. The van der Waals surface area contributed by atoms with Crippen LogP contribution in [0.3, 0.4) is 0 Å². The Labute approximate surface area is 162 Å². The second kappa shape index (κ2) is 8.82. The van der Waals surface area contributed by atoms with Crippen molar-refractivity contribution in [1.82, 2.24) is 5.32 Å². The summed E-state index contributed by atoms with van der Waals surface area (Å²) in [5, 5.41) is 2.84. The summed E-state index contributed by atoms with van der Waals surface area (Å²) in [6.45, 7) is 4.49. The van der Waals surface area contributed by atoms with Crippen LogP contribution in [0, 0.1) is 13.8 Å². The molecule has 0 saturated heterocycles. The van der Waals surface area contributed by atoms with Crippen LogP contribution in [-0.2, 0) is 28.9 Å². The molecule has 0 unspecified atom stereocenters. The van der Waals surface area contributed by atoms with Gasteiger partial charge in [0.25, 0.3) is 5.91 Å². The number of benzene rings is 2. The van der Waals surface area contributed by atoms with E-state index in [4.69, 9.17) is 4.42 Å². The molecule has 0 radical (unpaired) electrons. The molecule has 0 bridgehead atoms. The van der Waals surface area contributed by atoms with E-state index in [0.29, 0.717) is 23.8 Å². The van der Waals surface area contributed by atoms with Crippen LogP contribution in [0.2, 0.25) is 0 Å². The number of carbonyl (C=O) groups excluding carboxylic acids is 1. The highest BCUT2D eigenvalue weighted by Crippen LogP contribution is 2.14. The van der Waals surface area contributed by atoms with Gasteiger partial charge in [0.05, 0.1) is 5.75 Å². The average Bonchev–Trinajstić information content (AvgIpc) is 3.11. The van der Waals surface area contributed by atoms with Gasteiger partial charge in [-0.15, -0.1) is 0 Å². The lowest BCUT2D eigenvalue weighted by Gasteiger charge is -2.04. The maximum absolute atomic E-state index is 12.3. The summed E-state index contributed by atoms with van der Waals surface area (Å²) in [5.41, 5.74) is 4.41. The Hall–Kier alpha value is -2.66. The zero-order valence-electron chi connectivity index (χ0n) is 15.5. The first kappa shape index (κ1) is 19.1. The molecule has 5 heteroatoms. The van der Waals surface area contributed by atoms with E-state index in [1.54, 1.807) is 12.1 Å². The van der Waals surface area contributed by atoms with Crippen LogP contribution < -0.4 is 5.32 Å². The maximum atomic E-state index is 12.3. The number of furan rings is 1. The van der Waals surface area contributed by atoms with E-state index >= 15 is 0 Å². The zero-order valence-corrected chi connectivity index (χ0v) is 16.3. The van der Waals surface area contributed by atoms with Gasteiger partial charge >= 0.3 is 0 Å². The molecule has 1 amide bonds. The van der Waals surface area contributed by atoms with Crippen molar-refractivity contribution in [1.29, 1.82) is 0 Å². The molecule has 1 aromatic heterocycles. The molecule has 3 aromatic rings. The van der Waals surface area contributed by atoms with Gasteiger partial charge in [0, 0.05) is 23.1 Å². The third-order valence-corrected chi connectivity index (χ3v) is 5.47. The molecule has 0 fully saturated rings. The number of hydrogen-bond acceptors (Lipinski definition) is 3. The Balaban J connectivity index is 1.52. The van der Waals surface area contributed by atoms with E-state index in [-0.39, 0.29) is 11.7 Å². The number of nitrogens with one attached hydrogen (secondary N) is 1. The summed E-state index contributed by atoms with van der Waals surface area (Å²) in [6, 6.07) is 19.3. The van der Waals surface area contributed by atoms with Crippen LogP contribution in [0.25, 0.3) is 0 Å². The van der Waals surface area contributed by atoms with Crippen LogP contribution in [-0.4, -0.2) is 10.1 Å². The van der Waals surface area contributed by atoms with Gasteiger partial charge in [0.15, 0.2) is 5.76 Å². The van der Waals surface area contributed by atoms with Crippen LogP contribution >= 0.6 is 0 Å². The van der Waals surface area contributed by atoms with Crippen LogP contribution in [0.1, 0.15) is 38.6 Å². The van der Waals surface area contributed by atoms with Gasteiger partial charge in [-0.2, -0.15) is 0 Å². The van der Waals surface area contributed by atoms with E-state index in [2.05, 4.69) is 5.32 Å². The van der Waals surface area contributed by atoms with Crippen molar-refractivity contribution in [2.24, 2.45) is 0 Å². The Morgan fingerprint density at radius 3 is 2.07 bits per heavy atom. The van der Waals surface area contributed by atoms with Gasteiger partial charge in [-0.25, -0.2) is 0 Å². The van der Waals surface area contributed by atoms with Crippen molar-refractivity contribution in [3.05, 3.63) is 94.4 Å². The quantitative estimate of drug-likeness (QED) is 0.665. The minimum atomic E-state index is -1.09. The largest absolute Gasteiger partial charge is 0.455 e. The molecule has 4 nitrogen and oxygen atoms in total. The summed E-state index contributed by atoms with van der Waals surface area (Å²) in [7, 11) is -1.09. The molecule has 1 N–H and O–H groups in total.